The molecule has 1 heterocycles. The third kappa shape index (κ3) is 10.4. The second-order valence-corrected chi connectivity index (χ2v) is 6.97. The maximum absolute atomic E-state index is 9.13. The van der Waals surface area contributed by atoms with Gasteiger partial charge < -0.3 is 15.1 Å². The summed E-state index contributed by atoms with van der Waals surface area (Å²) in [6, 6.07) is 1.71. The van der Waals surface area contributed by atoms with Gasteiger partial charge in [0.25, 0.3) is 0 Å². The molecule has 1 aromatic rings. The fourth-order valence-electron chi connectivity index (χ4n) is 2.55. The number of thiophene rings is 1. The third-order valence-electron chi connectivity index (χ3n) is 3.87. The molecule has 0 unspecified atom stereocenters. The van der Waals surface area contributed by atoms with E-state index in [2.05, 4.69) is 6.92 Å². The van der Waals surface area contributed by atoms with Crippen LogP contribution in [-0.4, -0.2) is 21.8 Å². The zero-order valence-corrected chi connectivity index (χ0v) is 17.1. The van der Waals surface area contributed by atoms with Gasteiger partial charge in [0, 0.05) is 0 Å². The number of aryl methyl sites for hydroxylation is 1. The van der Waals surface area contributed by atoms with Crippen LogP contribution in [0, 0.1) is 0 Å². The molecule has 0 spiro atoms. The Bertz CT molecular complexity index is 380. The van der Waals surface area contributed by atoms with Crippen molar-refractivity contribution in [3.63, 3.8) is 0 Å². The normalized spacial score (nSPS) is 11.5. The van der Waals surface area contributed by atoms with Gasteiger partial charge in [-0.25, -0.2) is 0 Å². The third-order valence-corrected chi connectivity index (χ3v) is 5.00. The van der Waals surface area contributed by atoms with Crippen molar-refractivity contribution in [3.05, 3.63) is 17.0 Å². The minimum atomic E-state index is -3.31. The summed E-state index contributed by atoms with van der Waals surface area (Å²) < 4.78 is 0.261. The fourth-order valence-corrected chi connectivity index (χ4v) is 3.42. The molecule has 0 aliphatic rings. The van der Waals surface area contributed by atoms with Gasteiger partial charge in [0.2, 0.25) is 0 Å². The second kappa shape index (κ2) is 13.0. The minimum absolute atomic E-state index is 0. The Balaban J connectivity index is 0.00000441. The van der Waals surface area contributed by atoms with Gasteiger partial charge in [-0.1, -0.05) is 75.6 Å². The summed E-state index contributed by atoms with van der Waals surface area (Å²) in [4.78, 5) is 0. The Morgan fingerprint density at radius 1 is 0.864 bits per heavy atom. The fraction of sp³-hybridized carbons (Fsp3) is 0.750. The van der Waals surface area contributed by atoms with E-state index >= 15 is 0 Å². The molecule has 0 amide bonds. The molecule has 1 rings (SSSR count). The van der Waals surface area contributed by atoms with Crippen molar-refractivity contribution in [2.75, 3.05) is 0 Å². The van der Waals surface area contributed by atoms with Crippen LogP contribution in [0.3, 0.4) is 0 Å². The van der Waals surface area contributed by atoms with Gasteiger partial charge in [-0.05, 0) is 23.8 Å². The minimum Gasteiger partial charge on any atom is -0.555 e. The van der Waals surface area contributed by atoms with Crippen LogP contribution < -0.4 is 34.3 Å². The van der Waals surface area contributed by atoms with Crippen molar-refractivity contribution >= 4 is 22.9 Å². The predicted molar refractivity (Wildman–Crippen MR) is 91.9 cm³/mol. The molecule has 1 aromatic heterocycles. The van der Waals surface area contributed by atoms with Crippen LogP contribution in [0.25, 0.3) is 0 Å². The molecule has 3 nitrogen and oxygen atoms in total. The smallest absolute Gasteiger partial charge is 0.555 e. The molecule has 3 N–H and O–H groups in total. The summed E-state index contributed by atoms with van der Waals surface area (Å²) in [5, 5.41) is 29.3. The van der Waals surface area contributed by atoms with E-state index in [0.717, 1.165) is 18.4 Å². The van der Waals surface area contributed by atoms with Gasteiger partial charge in [0.05, 0.1) is 0 Å². The van der Waals surface area contributed by atoms with Crippen molar-refractivity contribution in [1.29, 1.82) is 0 Å². The van der Waals surface area contributed by atoms with E-state index in [1.165, 1.54) is 69.1 Å². The first-order chi connectivity index (χ1) is 10.0. The maximum atomic E-state index is 9.13. The van der Waals surface area contributed by atoms with Crippen LogP contribution in [0.15, 0.2) is 11.4 Å². The summed E-state index contributed by atoms with van der Waals surface area (Å²) in [6.45, 7) is -1.06. The molecule has 0 saturated carbocycles. The van der Waals surface area contributed by atoms with Crippen LogP contribution in [-0.2, 0) is 6.42 Å². The number of unbranched alkanes of at least 4 members (excludes halogenated alkanes) is 9. The zero-order valence-electron chi connectivity index (χ0n) is 14.3. The molecule has 6 heteroatoms. The van der Waals surface area contributed by atoms with Gasteiger partial charge in [-0.15, -0.1) is 0 Å². The molecule has 0 atom stereocenters. The van der Waals surface area contributed by atoms with Crippen molar-refractivity contribution in [3.8, 4) is 0 Å². The van der Waals surface area contributed by atoms with E-state index in [0.29, 0.717) is 0 Å². The summed E-state index contributed by atoms with van der Waals surface area (Å²) >= 11 is 1.22. The number of hydrogen-bond acceptors (Lipinski definition) is 4. The van der Waals surface area contributed by atoms with Crippen molar-refractivity contribution in [1.82, 2.24) is 0 Å². The Labute approximate surface area is 161 Å². The van der Waals surface area contributed by atoms with Crippen LogP contribution in [0.4, 0.5) is 0 Å². The molecule has 0 bridgehead atoms. The maximum Gasteiger partial charge on any atom is 1.00 e. The molecule has 0 saturated heterocycles. The van der Waals surface area contributed by atoms with E-state index in [9.17, 15) is 0 Å². The standard InChI is InChI=1S/C16H30BO3S.Na/c1-2-3-4-5-6-7-8-9-10-11-12-15-13-16(21-14-15)17(18,19)20;/h13-14,18-20H,2-12H2,1H3;/q-1;+1. The number of hydrogen-bond donors (Lipinski definition) is 3. The van der Waals surface area contributed by atoms with Crippen molar-refractivity contribution in [2.24, 2.45) is 0 Å². The van der Waals surface area contributed by atoms with Crippen LogP contribution in [0.1, 0.15) is 76.7 Å². The molecule has 0 aliphatic carbocycles. The summed E-state index contributed by atoms with van der Waals surface area (Å²) in [5.74, 6) is 0. The number of rotatable bonds is 12. The summed E-state index contributed by atoms with van der Waals surface area (Å²) in [7, 11) is 0. The Morgan fingerprint density at radius 3 is 1.82 bits per heavy atom. The Morgan fingerprint density at radius 2 is 1.36 bits per heavy atom. The second-order valence-electron chi connectivity index (χ2n) is 6.02. The monoisotopic (exact) mass is 336 g/mol. The van der Waals surface area contributed by atoms with Crippen molar-refractivity contribution in [2.45, 2.75) is 77.6 Å². The first kappa shape index (κ1) is 22.6. The first-order valence-electron chi connectivity index (χ1n) is 8.43. The average molecular weight is 336 g/mol. The predicted octanol–water partition coefficient (Wildman–Crippen LogP) is 0.338. The molecule has 22 heavy (non-hydrogen) atoms. The quantitative estimate of drug-likeness (QED) is 0.381. The van der Waals surface area contributed by atoms with Crippen LogP contribution in [0.2, 0.25) is 0 Å². The zero-order chi connectivity index (χ0) is 15.6. The molecule has 0 aromatic carbocycles. The van der Waals surface area contributed by atoms with Gasteiger partial charge in [-0.3, -0.25) is 0 Å². The molecular weight excluding hydrogens is 306 g/mol. The van der Waals surface area contributed by atoms with Gasteiger partial charge in [-0.2, -0.15) is 11.3 Å². The molecule has 0 radical (unpaired) electrons. The largest absolute Gasteiger partial charge is 1.00 e. The van der Waals surface area contributed by atoms with Gasteiger partial charge >= 0.3 is 36.3 Å². The summed E-state index contributed by atoms with van der Waals surface area (Å²) in [5.41, 5.74) is 1.10. The van der Waals surface area contributed by atoms with Crippen molar-refractivity contribution < 1.29 is 44.6 Å². The van der Waals surface area contributed by atoms with Crippen LogP contribution in [0.5, 0.6) is 0 Å². The first-order valence-corrected chi connectivity index (χ1v) is 9.31. The van der Waals surface area contributed by atoms with Gasteiger partial charge in [0.1, 0.15) is 0 Å². The molecule has 0 fully saturated rings. The SMILES string of the molecule is CCCCCCCCCCCCc1csc([B-](O)(O)O)c1.[Na+]. The van der Waals surface area contributed by atoms with E-state index in [-0.39, 0.29) is 34.3 Å². The van der Waals surface area contributed by atoms with Crippen LogP contribution >= 0.6 is 11.3 Å². The Hall–Kier alpha value is 0.645. The van der Waals surface area contributed by atoms with E-state index in [1.807, 2.05) is 5.38 Å². The van der Waals surface area contributed by atoms with E-state index in [1.54, 1.807) is 6.07 Å². The summed E-state index contributed by atoms with van der Waals surface area (Å²) in [6.07, 6.45) is 14.1. The Kier molecular flexibility index (Phi) is 13.4. The topological polar surface area (TPSA) is 60.7 Å². The van der Waals surface area contributed by atoms with E-state index < -0.39 is 6.75 Å². The average Bonchev–Trinajstić information content (AvgIpc) is 2.90. The molecule has 0 aliphatic heterocycles. The molecule has 122 valence electrons. The molecular formula is C16H30BNaO3S. The van der Waals surface area contributed by atoms with E-state index in [4.69, 9.17) is 15.1 Å². The van der Waals surface area contributed by atoms with Gasteiger partial charge in [0.15, 0.2) is 0 Å².